The lowest BCUT2D eigenvalue weighted by atomic mass is 9.97. The van der Waals surface area contributed by atoms with Gasteiger partial charge in [0.1, 0.15) is 0 Å². The molecule has 5 rings (SSSR count). The van der Waals surface area contributed by atoms with Crippen LogP contribution in [0.1, 0.15) is 41.7 Å². The maximum absolute atomic E-state index is 5.71. The van der Waals surface area contributed by atoms with E-state index in [1.807, 2.05) is 18.3 Å². The van der Waals surface area contributed by atoms with Crippen LogP contribution in [0.25, 0.3) is 5.69 Å². The second-order valence-corrected chi connectivity index (χ2v) is 9.08. The summed E-state index contributed by atoms with van der Waals surface area (Å²) in [6.45, 7) is 10.9. The molecule has 33 heavy (non-hydrogen) atoms. The molecule has 0 bridgehead atoms. The molecule has 2 aromatic heterocycles. The average Bonchev–Trinajstić information content (AvgIpc) is 3.34. The van der Waals surface area contributed by atoms with Crippen LogP contribution in [0.4, 0.5) is 5.69 Å². The van der Waals surface area contributed by atoms with Gasteiger partial charge in [0, 0.05) is 48.6 Å². The summed E-state index contributed by atoms with van der Waals surface area (Å²) in [5.41, 5.74) is 7.19. The number of thiocarbonyl (C=S) groups is 1. The zero-order valence-electron chi connectivity index (χ0n) is 19.5. The highest BCUT2D eigenvalue weighted by Crippen LogP contribution is 2.41. The van der Waals surface area contributed by atoms with Crippen molar-refractivity contribution in [2.24, 2.45) is 0 Å². The van der Waals surface area contributed by atoms with Crippen LogP contribution in [0, 0.1) is 13.8 Å². The zero-order chi connectivity index (χ0) is 22.9. The van der Waals surface area contributed by atoms with Crippen molar-refractivity contribution in [1.82, 2.24) is 19.8 Å². The van der Waals surface area contributed by atoms with Crippen molar-refractivity contribution in [1.29, 1.82) is 0 Å². The van der Waals surface area contributed by atoms with Gasteiger partial charge in [0.25, 0.3) is 0 Å². The second kappa shape index (κ2) is 9.15. The molecule has 2 saturated heterocycles. The molecular weight excluding hydrogens is 430 g/mol. The summed E-state index contributed by atoms with van der Waals surface area (Å²) < 4.78 is 7.85. The molecule has 0 unspecified atom stereocenters. The Bertz CT molecular complexity index is 1120. The standard InChI is InChI=1S/C26H31N5OS/c1-4-30-25(24(28-26(30)33)23-7-5-6-12-27-23)22-17-18(2)31(19(22)3)21-10-8-20(9-11-21)29-13-15-32-16-14-29/h5-12,17,24-25H,4,13-16H2,1-3H3,(H,28,33)/t24-,25-/m1/s1. The topological polar surface area (TPSA) is 45.6 Å². The molecule has 1 N–H and O–H groups in total. The fourth-order valence-electron chi connectivity index (χ4n) is 5.20. The van der Waals surface area contributed by atoms with Crippen molar-refractivity contribution < 1.29 is 4.74 Å². The number of aromatic nitrogens is 2. The third-order valence-corrected chi connectivity index (χ3v) is 7.16. The molecule has 3 aromatic rings. The molecule has 0 aliphatic carbocycles. The smallest absolute Gasteiger partial charge is 0.170 e. The van der Waals surface area contributed by atoms with Gasteiger partial charge in [0.05, 0.1) is 31.0 Å². The normalized spacial score (nSPS) is 20.9. The predicted octanol–water partition coefficient (Wildman–Crippen LogP) is 4.32. The number of nitrogens with one attached hydrogen (secondary N) is 1. The Morgan fingerprint density at radius 2 is 1.79 bits per heavy atom. The van der Waals surface area contributed by atoms with E-state index in [1.54, 1.807) is 0 Å². The molecule has 0 amide bonds. The van der Waals surface area contributed by atoms with E-state index < -0.39 is 0 Å². The van der Waals surface area contributed by atoms with Gasteiger partial charge in [0.2, 0.25) is 0 Å². The highest BCUT2D eigenvalue weighted by Gasteiger charge is 2.40. The summed E-state index contributed by atoms with van der Waals surface area (Å²) >= 11 is 5.71. The summed E-state index contributed by atoms with van der Waals surface area (Å²) in [5.74, 6) is 0. The highest BCUT2D eigenvalue weighted by atomic mass is 32.1. The lowest BCUT2D eigenvalue weighted by molar-refractivity contribution is 0.122. The van der Waals surface area contributed by atoms with Crippen LogP contribution >= 0.6 is 12.2 Å². The number of hydrogen-bond acceptors (Lipinski definition) is 4. The third-order valence-electron chi connectivity index (χ3n) is 6.81. The molecule has 2 atom stereocenters. The molecule has 1 aromatic carbocycles. The van der Waals surface area contributed by atoms with Gasteiger partial charge in [-0.15, -0.1) is 0 Å². The van der Waals surface area contributed by atoms with Crippen LogP contribution in [0.15, 0.2) is 54.7 Å². The Morgan fingerprint density at radius 3 is 2.45 bits per heavy atom. The van der Waals surface area contributed by atoms with Crippen LogP contribution < -0.4 is 10.2 Å². The Labute approximate surface area is 201 Å². The van der Waals surface area contributed by atoms with E-state index in [4.69, 9.17) is 17.0 Å². The Morgan fingerprint density at radius 1 is 1.06 bits per heavy atom. The molecule has 6 nitrogen and oxygen atoms in total. The maximum atomic E-state index is 5.71. The van der Waals surface area contributed by atoms with Crippen molar-refractivity contribution in [3.05, 3.63) is 77.4 Å². The summed E-state index contributed by atoms with van der Waals surface area (Å²) in [5, 5.41) is 4.32. The number of hydrogen-bond donors (Lipinski definition) is 1. The summed E-state index contributed by atoms with van der Waals surface area (Å²) in [6.07, 6.45) is 1.85. The fourth-order valence-corrected chi connectivity index (χ4v) is 5.57. The summed E-state index contributed by atoms with van der Waals surface area (Å²) in [6, 6.07) is 17.4. The van der Waals surface area contributed by atoms with E-state index in [2.05, 4.69) is 81.8 Å². The van der Waals surface area contributed by atoms with Gasteiger partial charge in [-0.25, -0.2) is 0 Å². The van der Waals surface area contributed by atoms with Crippen LogP contribution in [0.2, 0.25) is 0 Å². The lowest BCUT2D eigenvalue weighted by Gasteiger charge is -2.29. The quantitative estimate of drug-likeness (QED) is 0.571. The van der Waals surface area contributed by atoms with E-state index in [9.17, 15) is 0 Å². The van der Waals surface area contributed by atoms with Gasteiger partial charge >= 0.3 is 0 Å². The number of ether oxygens (including phenoxy) is 1. The lowest BCUT2D eigenvalue weighted by Crippen LogP contribution is -2.36. The predicted molar refractivity (Wildman–Crippen MR) is 136 cm³/mol. The van der Waals surface area contributed by atoms with Crippen LogP contribution in [0.3, 0.4) is 0 Å². The number of morpholine rings is 1. The van der Waals surface area contributed by atoms with Crippen LogP contribution in [0.5, 0.6) is 0 Å². The van der Waals surface area contributed by atoms with Crippen molar-refractivity contribution in [3.63, 3.8) is 0 Å². The summed E-state index contributed by atoms with van der Waals surface area (Å²) in [4.78, 5) is 9.31. The zero-order valence-corrected chi connectivity index (χ0v) is 20.3. The van der Waals surface area contributed by atoms with E-state index in [-0.39, 0.29) is 12.1 Å². The van der Waals surface area contributed by atoms with E-state index in [0.29, 0.717) is 0 Å². The first kappa shape index (κ1) is 21.9. The van der Waals surface area contributed by atoms with Crippen molar-refractivity contribution in [3.8, 4) is 5.69 Å². The Balaban J connectivity index is 1.50. The molecule has 7 heteroatoms. The number of nitrogens with zero attached hydrogens (tertiary/aromatic N) is 4. The Kier molecular flexibility index (Phi) is 6.08. The molecule has 2 aliphatic heterocycles. The molecule has 2 aliphatic rings. The first-order valence-electron chi connectivity index (χ1n) is 11.7. The monoisotopic (exact) mass is 461 g/mol. The van der Waals surface area contributed by atoms with Gasteiger partial charge in [-0.3, -0.25) is 4.98 Å². The highest BCUT2D eigenvalue weighted by molar-refractivity contribution is 7.80. The number of rotatable bonds is 5. The van der Waals surface area contributed by atoms with E-state index in [1.165, 1.54) is 28.3 Å². The minimum atomic E-state index is 0.0243. The van der Waals surface area contributed by atoms with Gasteiger partial charge in [-0.2, -0.15) is 0 Å². The van der Waals surface area contributed by atoms with Gasteiger partial charge in [0.15, 0.2) is 5.11 Å². The minimum Gasteiger partial charge on any atom is -0.378 e. The average molecular weight is 462 g/mol. The van der Waals surface area contributed by atoms with Gasteiger partial charge in [-0.1, -0.05) is 6.07 Å². The van der Waals surface area contributed by atoms with Crippen molar-refractivity contribution in [2.45, 2.75) is 32.9 Å². The Hall–Kier alpha value is -2.90. The maximum Gasteiger partial charge on any atom is 0.170 e. The molecule has 172 valence electrons. The first-order valence-corrected chi connectivity index (χ1v) is 12.1. The molecule has 0 saturated carbocycles. The second-order valence-electron chi connectivity index (χ2n) is 8.69. The SMILES string of the molecule is CCN1C(=S)N[C@H](c2ccccn2)[C@H]1c1cc(C)n(-c2ccc(N3CCOCC3)cc2)c1C. The molecule has 2 fully saturated rings. The fraction of sp³-hybridized carbons (Fsp3) is 0.385. The van der Waals surface area contributed by atoms with Gasteiger partial charge in [-0.05, 0) is 81.0 Å². The van der Waals surface area contributed by atoms with Crippen molar-refractivity contribution in [2.75, 3.05) is 37.7 Å². The number of anilines is 1. The molecule has 4 heterocycles. The molecule has 0 spiro atoms. The molecular formula is C26H31N5OS. The largest absolute Gasteiger partial charge is 0.378 e. The number of aryl methyl sites for hydroxylation is 1. The van der Waals surface area contributed by atoms with Crippen LogP contribution in [-0.2, 0) is 4.74 Å². The van der Waals surface area contributed by atoms with E-state index >= 15 is 0 Å². The summed E-state index contributed by atoms with van der Waals surface area (Å²) in [7, 11) is 0. The number of benzene rings is 1. The van der Waals surface area contributed by atoms with Crippen LogP contribution in [-0.4, -0.2) is 52.4 Å². The number of likely N-dealkylation sites (N-methyl/N-ethyl adjacent to an activating group) is 1. The third kappa shape index (κ3) is 4.00. The van der Waals surface area contributed by atoms with E-state index in [0.717, 1.165) is 43.7 Å². The van der Waals surface area contributed by atoms with Crippen molar-refractivity contribution >= 4 is 23.0 Å². The number of pyridine rings is 1. The molecule has 0 radical (unpaired) electrons. The van der Waals surface area contributed by atoms with Gasteiger partial charge < -0.3 is 24.4 Å². The first-order chi connectivity index (χ1) is 16.1. The minimum absolute atomic E-state index is 0.0243.